The van der Waals surface area contributed by atoms with Crippen LogP contribution in [0.25, 0.3) is 0 Å². The summed E-state index contributed by atoms with van der Waals surface area (Å²) in [6, 6.07) is 0. The zero-order valence-electron chi connectivity index (χ0n) is 6.40. The van der Waals surface area contributed by atoms with Crippen molar-refractivity contribution in [2.45, 2.75) is 32.6 Å². The maximum atomic E-state index is 3.94. The van der Waals surface area contributed by atoms with E-state index in [1.54, 1.807) is 6.92 Å². The molecule has 1 radical (unpaired) electrons. The zero-order valence-corrected chi connectivity index (χ0v) is 9.24. The second-order valence-corrected chi connectivity index (χ2v) is 2.15. The Morgan fingerprint density at radius 3 is 1.56 bits per heavy atom. The summed E-state index contributed by atoms with van der Waals surface area (Å²) in [4.78, 5) is 0. The Morgan fingerprint density at radius 1 is 1.11 bits per heavy atom. The van der Waals surface area contributed by atoms with Gasteiger partial charge in [0.1, 0.15) is 0 Å². The molecule has 0 unspecified atom stereocenters. The molecule has 1 aliphatic carbocycles. The zero-order chi connectivity index (χ0) is 6.41. The van der Waals surface area contributed by atoms with E-state index in [2.05, 4.69) is 13.8 Å². The van der Waals surface area contributed by atoms with Crippen LogP contribution >= 0.6 is 0 Å². The van der Waals surface area contributed by atoms with E-state index in [9.17, 15) is 0 Å². The summed E-state index contributed by atoms with van der Waals surface area (Å²) in [5.74, 6) is 0.796. The minimum Gasteiger partial charge on any atom is -0.346 e. The predicted molar refractivity (Wildman–Crippen MR) is 38.3 cm³/mol. The molecule has 1 heteroatoms. The van der Waals surface area contributed by atoms with E-state index in [1.165, 1.54) is 25.7 Å². The fourth-order valence-electron chi connectivity index (χ4n) is 1.01. The molecule has 1 aliphatic rings. The summed E-state index contributed by atoms with van der Waals surface area (Å²) >= 11 is 0. The first-order valence-electron chi connectivity index (χ1n) is 3.43. The van der Waals surface area contributed by atoms with E-state index in [4.69, 9.17) is 0 Å². The molecular formula is C8H16Y-2. The average Bonchev–Trinajstić information content (AvgIpc) is 2.24. The first-order chi connectivity index (χ1) is 3.89. The van der Waals surface area contributed by atoms with Gasteiger partial charge in [-0.15, -0.1) is 0 Å². The monoisotopic (exact) mass is 201 g/mol. The Labute approximate surface area is 84.7 Å². The van der Waals surface area contributed by atoms with Crippen LogP contribution in [0.5, 0.6) is 0 Å². The van der Waals surface area contributed by atoms with Gasteiger partial charge in [-0.1, -0.05) is 25.7 Å². The summed E-state index contributed by atoms with van der Waals surface area (Å²) in [6.45, 7) is 8.94. The van der Waals surface area contributed by atoms with E-state index in [1.807, 2.05) is 0 Å². The molecule has 1 fully saturated rings. The first-order valence-corrected chi connectivity index (χ1v) is 3.43. The largest absolute Gasteiger partial charge is 0.346 e. The van der Waals surface area contributed by atoms with Crippen LogP contribution in [0.15, 0.2) is 0 Å². The van der Waals surface area contributed by atoms with Crippen LogP contribution < -0.4 is 0 Å². The molecule has 53 valence electrons. The van der Waals surface area contributed by atoms with Gasteiger partial charge < -0.3 is 13.8 Å². The van der Waals surface area contributed by atoms with Crippen molar-refractivity contribution in [3.63, 3.8) is 0 Å². The average molecular weight is 201 g/mol. The van der Waals surface area contributed by atoms with Crippen LogP contribution in [0.1, 0.15) is 32.6 Å². The van der Waals surface area contributed by atoms with E-state index >= 15 is 0 Å². The molecule has 1 saturated carbocycles. The van der Waals surface area contributed by atoms with E-state index in [0.717, 1.165) is 5.92 Å². The maximum Gasteiger partial charge on any atom is 0 e. The van der Waals surface area contributed by atoms with Crippen LogP contribution in [-0.2, 0) is 32.7 Å². The first kappa shape index (κ1) is 12.8. The van der Waals surface area contributed by atoms with Gasteiger partial charge in [-0.3, -0.25) is 0 Å². The van der Waals surface area contributed by atoms with Crippen LogP contribution in [0.2, 0.25) is 0 Å². The van der Waals surface area contributed by atoms with Gasteiger partial charge in [0.25, 0.3) is 0 Å². The molecule has 0 aromatic rings. The molecule has 0 spiro atoms. The summed E-state index contributed by atoms with van der Waals surface area (Å²) in [7, 11) is 0. The van der Waals surface area contributed by atoms with Crippen molar-refractivity contribution in [1.29, 1.82) is 0 Å². The van der Waals surface area contributed by atoms with Gasteiger partial charge in [-0.25, -0.2) is 0 Å². The molecule has 0 bridgehead atoms. The number of hydrogen-bond acceptors (Lipinski definition) is 0. The van der Waals surface area contributed by atoms with Gasteiger partial charge in [0, 0.05) is 32.7 Å². The standard InChI is InChI=1S/C6H11.C2H5.Y/c1-6-4-2-3-5-6;1-2;/h6H,1-5H2;1H2,2H3;/q2*-1;. The molecule has 0 heterocycles. The van der Waals surface area contributed by atoms with Crippen molar-refractivity contribution in [3.8, 4) is 0 Å². The Morgan fingerprint density at radius 2 is 1.44 bits per heavy atom. The van der Waals surface area contributed by atoms with Gasteiger partial charge in [0.2, 0.25) is 0 Å². The molecule has 0 aromatic heterocycles. The second kappa shape index (κ2) is 9.10. The van der Waals surface area contributed by atoms with Gasteiger partial charge in [-0.05, 0) is 0 Å². The molecule has 9 heavy (non-hydrogen) atoms. The Balaban J connectivity index is 0. The third-order valence-electron chi connectivity index (χ3n) is 1.47. The fourth-order valence-corrected chi connectivity index (χ4v) is 1.01. The summed E-state index contributed by atoms with van der Waals surface area (Å²) in [5, 5.41) is 0. The molecule has 0 amide bonds. The fraction of sp³-hybridized carbons (Fsp3) is 0.750. The molecular weight excluding hydrogens is 185 g/mol. The van der Waals surface area contributed by atoms with Crippen LogP contribution in [-0.4, -0.2) is 0 Å². The Hall–Kier alpha value is 1.10. The van der Waals surface area contributed by atoms with Crippen molar-refractivity contribution in [2.24, 2.45) is 5.92 Å². The van der Waals surface area contributed by atoms with E-state index in [-0.39, 0.29) is 32.7 Å². The topological polar surface area (TPSA) is 0 Å². The van der Waals surface area contributed by atoms with Crippen molar-refractivity contribution in [2.75, 3.05) is 0 Å². The van der Waals surface area contributed by atoms with Crippen molar-refractivity contribution in [3.05, 3.63) is 13.8 Å². The second-order valence-electron chi connectivity index (χ2n) is 2.15. The third-order valence-corrected chi connectivity index (χ3v) is 1.47. The van der Waals surface area contributed by atoms with Gasteiger partial charge in [-0.2, -0.15) is 12.8 Å². The quantitative estimate of drug-likeness (QED) is 0.528. The normalized spacial score (nSPS) is 17.7. The van der Waals surface area contributed by atoms with Gasteiger partial charge in [0.05, 0.1) is 0 Å². The van der Waals surface area contributed by atoms with Crippen molar-refractivity contribution in [1.82, 2.24) is 0 Å². The maximum absolute atomic E-state index is 3.94. The van der Waals surface area contributed by atoms with E-state index in [0.29, 0.717) is 0 Å². The summed E-state index contributed by atoms with van der Waals surface area (Å²) in [6.07, 6.45) is 5.60. The van der Waals surface area contributed by atoms with Crippen LogP contribution in [0.4, 0.5) is 0 Å². The molecule has 0 N–H and O–H groups in total. The summed E-state index contributed by atoms with van der Waals surface area (Å²) < 4.78 is 0. The Kier molecular flexibility index (Phi) is 12.9. The molecule has 0 saturated heterocycles. The van der Waals surface area contributed by atoms with Crippen LogP contribution in [0, 0.1) is 19.8 Å². The number of rotatable bonds is 0. The minimum absolute atomic E-state index is 0. The van der Waals surface area contributed by atoms with Crippen molar-refractivity contribution < 1.29 is 32.7 Å². The molecule has 1 rings (SSSR count). The number of hydrogen-bond donors (Lipinski definition) is 0. The van der Waals surface area contributed by atoms with Crippen LogP contribution in [0.3, 0.4) is 0 Å². The Bertz CT molecular complexity index is 37.8. The minimum atomic E-state index is 0. The smallest absolute Gasteiger partial charge is 0 e. The molecule has 0 aliphatic heterocycles. The predicted octanol–water partition coefficient (Wildman–Crippen LogP) is 2.85. The van der Waals surface area contributed by atoms with Gasteiger partial charge in [0.15, 0.2) is 0 Å². The molecule has 0 nitrogen and oxygen atoms in total. The molecule has 0 aromatic carbocycles. The summed E-state index contributed by atoms with van der Waals surface area (Å²) in [5.41, 5.74) is 0. The molecule has 0 atom stereocenters. The van der Waals surface area contributed by atoms with E-state index < -0.39 is 0 Å². The van der Waals surface area contributed by atoms with Gasteiger partial charge >= 0.3 is 0 Å². The third kappa shape index (κ3) is 7.00. The SMILES string of the molecule is [CH2-]C.[CH2-]C1CCCC1.[Y]. The van der Waals surface area contributed by atoms with Crippen molar-refractivity contribution >= 4 is 0 Å².